The van der Waals surface area contributed by atoms with Crippen LogP contribution in [0.4, 0.5) is 0 Å². The molecule has 0 aliphatic heterocycles. The molecular formula is C12H7Cl2NO3S. The first-order valence-electron chi connectivity index (χ1n) is 5.11. The minimum absolute atomic E-state index is 0.0819. The summed E-state index contributed by atoms with van der Waals surface area (Å²) in [6.07, 6.45) is 0. The lowest BCUT2D eigenvalue weighted by Gasteiger charge is -2.02. The van der Waals surface area contributed by atoms with E-state index in [9.17, 15) is 9.59 Å². The molecule has 7 heteroatoms. The maximum atomic E-state index is 11.4. The molecule has 1 N–H and O–H groups in total. The van der Waals surface area contributed by atoms with E-state index in [4.69, 9.17) is 28.3 Å². The number of hydrogen-bond acceptors (Lipinski definition) is 4. The second-order valence-electron chi connectivity index (χ2n) is 3.65. The Bertz CT molecular complexity index is 630. The van der Waals surface area contributed by atoms with Crippen LogP contribution in [0.25, 0.3) is 10.6 Å². The number of hydrogen-bond donors (Lipinski definition) is 1. The molecule has 0 aliphatic rings. The lowest BCUT2D eigenvalue weighted by molar-refractivity contribution is 0.0687. The van der Waals surface area contributed by atoms with Gasteiger partial charge in [-0.05, 0) is 12.1 Å². The van der Waals surface area contributed by atoms with E-state index in [0.717, 1.165) is 11.3 Å². The van der Waals surface area contributed by atoms with E-state index >= 15 is 0 Å². The zero-order chi connectivity index (χ0) is 14.2. The van der Waals surface area contributed by atoms with Crippen molar-refractivity contribution in [1.82, 2.24) is 4.98 Å². The quantitative estimate of drug-likeness (QED) is 0.869. The van der Waals surface area contributed by atoms with Crippen LogP contribution in [-0.4, -0.2) is 21.8 Å². The number of nitrogens with zero attached hydrogens (tertiary/aromatic N) is 1. The van der Waals surface area contributed by atoms with E-state index < -0.39 is 5.97 Å². The predicted octanol–water partition coefficient (Wildman–Crippen LogP) is 4.02. The van der Waals surface area contributed by atoms with Crippen molar-refractivity contribution in [2.45, 2.75) is 6.92 Å². The summed E-state index contributed by atoms with van der Waals surface area (Å²) in [5.74, 6) is -1.61. The van der Waals surface area contributed by atoms with E-state index in [-0.39, 0.29) is 16.4 Å². The second kappa shape index (κ2) is 5.28. The first-order valence-corrected chi connectivity index (χ1v) is 6.68. The molecule has 0 atom stereocenters. The van der Waals surface area contributed by atoms with Gasteiger partial charge in [0, 0.05) is 12.5 Å². The molecule has 98 valence electrons. The molecule has 4 nitrogen and oxygen atoms in total. The molecule has 0 spiro atoms. The van der Waals surface area contributed by atoms with Gasteiger partial charge in [0.2, 0.25) is 0 Å². The Morgan fingerprint density at radius 1 is 1.26 bits per heavy atom. The van der Waals surface area contributed by atoms with Gasteiger partial charge >= 0.3 is 5.97 Å². The number of ketones is 1. The smallest absolute Gasteiger partial charge is 0.356 e. The van der Waals surface area contributed by atoms with Crippen LogP contribution in [0, 0.1) is 0 Å². The molecule has 1 heterocycles. The van der Waals surface area contributed by atoms with Gasteiger partial charge in [-0.3, -0.25) is 4.79 Å². The van der Waals surface area contributed by atoms with Crippen molar-refractivity contribution in [3.05, 3.63) is 38.8 Å². The maximum Gasteiger partial charge on any atom is 0.356 e. The van der Waals surface area contributed by atoms with E-state index in [0.29, 0.717) is 20.6 Å². The first-order chi connectivity index (χ1) is 8.91. The van der Waals surface area contributed by atoms with Crippen molar-refractivity contribution < 1.29 is 14.7 Å². The highest BCUT2D eigenvalue weighted by atomic mass is 35.5. The highest BCUT2D eigenvalue weighted by Crippen LogP contribution is 2.38. The van der Waals surface area contributed by atoms with Crippen LogP contribution in [0.2, 0.25) is 10.0 Å². The third-order valence-corrected chi connectivity index (χ3v) is 4.13. The number of thiazole rings is 1. The third-order valence-electron chi connectivity index (χ3n) is 2.33. The molecule has 19 heavy (non-hydrogen) atoms. The van der Waals surface area contributed by atoms with Crippen molar-refractivity contribution in [2.75, 3.05) is 0 Å². The number of aromatic nitrogens is 1. The number of halogens is 2. The van der Waals surface area contributed by atoms with E-state index in [1.54, 1.807) is 18.2 Å². The number of benzene rings is 1. The summed E-state index contributed by atoms with van der Waals surface area (Å²) in [5, 5.41) is 10.1. The highest BCUT2D eigenvalue weighted by Gasteiger charge is 2.23. The van der Waals surface area contributed by atoms with Crippen LogP contribution < -0.4 is 0 Å². The Morgan fingerprint density at radius 3 is 2.26 bits per heavy atom. The average Bonchev–Trinajstić information content (AvgIpc) is 2.73. The first kappa shape index (κ1) is 14.0. The largest absolute Gasteiger partial charge is 0.476 e. The standard InChI is InChI=1S/C12H7Cl2NO3S/c1-5(16)10-9(12(17)18)15-11(19-10)8-6(13)3-2-4-7(8)14/h2-4H,1H3,(H,17,18). The average molecular weight is 316 g/mol. The minimum atomic E-state index is -1.25. The van der Waals surface area contributed by atoms with Crippen LogP contribution in [0.15, 0.2) is 18.2 Å². The Morgan fingerprint density at radius 2 is 1.84 bits per heavy atom. The highest BCUT2D eigenvalue weighted by molar-refractivity contribution is 7.17. The van der Waals surface area contributed by atoms with Crippen molar-refractivity contribution in [3.63, 3.8) is 0 Å². The third kappa shape index (κ3) is 2.63. The SMILES string of the molecule is CC(=O)c1sc(-c2c(Cl)cccc2Cl)nc1C(=O)O. The zero-order valence-electron chi connectivity index (χ0n) is 9.61. The van der Waals surface area contributed by atoms with Gasteiger partial charge in [0.05, 0.1) is 10.0 Å². The fourth-order valence-corrected chi connectivity index (χ4v) is 3.23. The molecule has 0 saturated heterocycles. The maximum absolute atomic E-state index is 11.4. The van der Waals surface area contributed by atoms with Gasteiger partial charge in [0.25, 0.3) is 0 Å². The van der Waals surface area contributed by atoms with E-state index in [2.05, 4.69) is 4.98 Å². The monoisotopic (exact) mass is 315 g/mol. The van der Waals surface area contributed by atoms with E-state index in [1.807, 2.05) is 0 Å². The van der Waals surface area contributed by atoms with Crippen LogP contribution in [0.1, 0.15) is 27.1 Å². The van der Waals surface area contributed by atoms with Crippen LogP contribution in [0.3, 0.4) is 0 Å². The molecule has 0 radical (unpaired) electrons. The molecule has 0 amide bonds. The van der Waals surface area contributed by atoms with Crippen LogP contribution in [0.5, 0.6) is 0 Å². The molecule has 0 fully saturated rings. The zero-order valence-corrected chi connectivity index (χ0v) is 11.9. The fraction of sp³-hybridized carbons (Fsp3) is 0.0833. The normalized spacial score (nSPS) is 10.5. The number of rotatable bonds is 3. The van der Waals surface area contributed by atoms with Gasteiger partial charge in [-0.25, -0.2) is 9.78 Å². The molecule has 2 rings (SSSR count). The Kier molecular flexibility index (Phi) is 3.89. The molecule has 1 aromatic carbocycles. The Balaban J connectivity index is 2.68. The fourth-order valence-electron chi connectivity index (χ4n) is 1.51. The van der Waals surface area contributed by atoms with Gasteiger partial charge in [0.15, 0.2) is 11.5 Å². The van der Waals surface area contributed by atoms with Gasteiger partial charge < -0.3 is 5.11 Å². The van der Waals surface area contributed by atoms with Gasteiger partial charge in [-0.2, -0.15) is 0 Å². The number of carboxylic acids is 1. The summed E-state index contributed by atoms with van der Waals surface area (Å²) in [7, 11) is 0. The summed E-state index contributed by atoms with van der Waals surface area (Å²) in [4.78, 5) is 26.5. The molecular weight excluding hydrogens is 309 g/mol. The van der Waals surface area contributed by atoms with Gasteiger partial charge in [0.1, 0.15) is 9.88 Å². The summed E-state index contributed by atoms with van der Waals surface area (Å²) < 4.78 is 0. The second-order valence-corrected chi connectivity index (χ2v) is 5.47. The molecule has 0 unspecified atom stereocenters. The molecule has 2 aromatic rings. The van der Waals surface area contributed by atoms with Crippen LogP contribution >= 0.6 is 34.5 Å². The number of carbonyl (C=O) groups excluding carboxylic acids is 1. The topological polar surface area (TPSA) is 67.3 Å². The van der Waals surface area contributed by atoms with Crippen molar-refractivity contribution in [1.29, 1.82) is 0 Å². The summed E-state index contributed by atoms with van der Waals surface area (Å²) in [5.41, 5.74) is 0.161. The lowest BCUT2D eigenvalue weighted by Crippen LogP contribution is -2.03. The number of aromatic carboxylic acids is 1. The summed E-state index contributed by atoms with van der Waals surface area (Å²) in [6, 6.07) is 4.92. The van der Waals surface area contributed by atoms with Gasteiger partial charge in [-0.15, -0.1) is 11.3 Å². The summed E-state index contributed by atoms with van der Waals surface area (Å²) >= 11 is 13.0. The lowest BCUT2D eigenvalue weighted by atomic mass is 10.2. The molecule has 0 aliphatic carbocycles. The minimum Gasteiger partial charge on any atom is -0.476 e. The molecule has 1 aromatic heterocycles. The van der Waals surface area contributed by atoms with Gasteiger partial charge in [-0.1, -0.05) is 29.3 Å². The molecule has 0 saturated carbocycles. The molecule has 0 bridgehead atoms. The van der Waals surface area contributed by atoms with Crippen LogP contribution in [-0.2, 0) is 0 Å². The number of carbonyl (C=O) groups is 2. The van der Waals surface area contributed by atoms with Crippen molar-refractivity contribution in [2.24, 2.45) is 0 Å². The predicted molar refractivity (Wildman–Crippen MR) is 74.5 cm³/mol. The number of Topliss-reactive ketones (excluding diaryl/α,β-unsaturated/α-hetero) is 1. The van der Waals surface area contributed by atoms with Crippen molar-refractivity contribution in [3.8, 4) is 10.6 Å². The Labute approximate surface area is 122 Å². The van der Waals surface area contributed by atoms with Crippen molar-refractivity contribution >= 4 is 46.3 Å². The Hall–Kier alpha value is -1.43. The number of carboxylic acid groups (broad SMARTS) is 1. The summed E-state index contributed by atoms with van der Waals surface area (Å²) in [6.45, 7) is 1.29. The van der Waals surface area contributed by atoms with E-state index in [1.165, 1.54) is 6.92 Å².